The molecule has 0 bridgehead atoms. The molecule has 0 atom stereocenters. The molecule has 1 aromatic carbocycles. The zero-order chi connectivity index (χ0) is 10.4. The van der Waals surface area contributed by atoms with Gasteiger partial charge in [0.15, 0.2) is 0 Å². The summed E-state index contributed by atoms with van der Waals surface area (Å²) in [5.74, 6) is 0. The van der Waals surface area contributed by atoms with Crippen molar-refractivity contribution in [3.63, 3.8) is 0 Å². The molecule has 0 aliphatic heterocycles. The van der Waals surface area contributed by atoms with Crippen LogP contribution in [0.1, 0.15) is 13.8 Å². The molecule has 0 unspecified atom stereocenters. The summed E-state index contributed by atoms with van der Waals surface area (Å²) in [5, 5.41) is 4.28. The summed E-state index contributed by atoms with van der Waals surface area (Å²) in [5.41, 5.74) is 2.11. The van der Waals surface area contributed by atoms with Crippen LogP contribution in [-0.2, 0) is 0 Å². The van der Waals surface area contributed by atoms with Crippen molar-refractivity contribution in [3.05, 3.63) is 36.5 Å². The number of para-hydroxylation sites is 1. The van der Waals surface area contributed by atoms with Crippen LogP contribution >= 0.6 is 0 Å². The van der Waals surface area contributed by atoms with Crippen molar-refractivity contribution in [1.29, 1.82) is 0 Å². The fourth-order valence-electron chi connectivity index (χ4n) is 1.31. The van der Waals surface area contributed by atoms with Crippen LogP contribution in [-0.4, -0.2) is 12.0 Å². The number of hydrogen-bond acceptors (Lipinski definition) is 2. The molecule has 0 spiro atoms. The van der Waals surface area contributed by atoms with E-state index < -0.39 is 0 Å². The van der Waals surface area contributed by atoms with Gasteiger partial charge in [-0.1, -0.05) is 32.0 Å². The summed E-state index contributed by atoms with van der Waals surface area (Å²) in [6.45, 7) is 4.00. The summed E-state index contributed by atoms with van der Waals surface area (Å²) in [7, 11) is 1.91. The van der Waals surface area contributed by atoms with E-state index in [2.05, 4.69) is 22.4 Å². The number of benzene rings is 1. The molecule has 0 saturated heterocycles. The lowest BCUT2D eigenvalue weighted by atomic mass is 10.2. The van der Waals surface area contributed by atoms with Gasteiger partial charge in [0.05, 0.1) is 11.2 Å². The summed E-state index contributed by atoms with van der Waals surface area (Å²) < 4.78 is 0. The summed E-state index contributed by atoms with van der Waals surface area (Å²) in [6, 6.07) is 10.1. The van der Waals surface area contributed by atoms with E-state index in [-0.39, 0.29) is 0 Å². The van der Waals surface area contributed by atoms with Gasteiger partial charge < -0.3 is 5.32 Å². The molecule has 1 heterocycles. The van der Waals surface area contributed by atoms with Gasteiger partial charge in [-0.15, -0.1) is 0 Å². The maximum atomic E-state index is 4.29. The topological polar surface area (TPSA) is 24.9 Å². The number of nitrogens with zero attached hydrogens (tertiary/aromatic N) is 1. The number of hydrogen-bond donors (Lipinski definition) is 1. The first-order valence-corrected chi connectivity index (χ1v) is 4.93. The number of anilines is 1. The third-order valence-corrected chi connectivity index (χ3v) is 1.90. The Bertz CT molecular complexity index is 391. The van der Waals surface area contributed by atoms with Crippen LogP contribution in [0.4, 0.5) is 5.69 Å². The molecule has 0 saturated carbocycles. The Morgan fingerprint density at radius 3 is 2.50 bits per heavy atom. The van der Waals surface area contributed by atoms with Crippen LogP contribution in [0.15, 0.2) is 36.5 Å². The van der Waals surface area contributed by atoms with Gasteiger partial charge in [-0.3, -0.25) is 4.98 Å². The number of nitrogens with one attached hydrogen (secondary N) is 1. The minimum Gasteiger partial charge on any atom is -0.386 e. The summed E-state index contributed by atoms with van der Waals surface area (Å²) in [6.07, 6.45) is 1.81. The van der Waals surface area contributed by atoms with Gasteiger partial charge in [-0.2, -0.15) is 0 Å². The van der Waals surface area contributed by atoms with Gasteiger partial charge in [0.25, 0.3) is 0 Å². The van der Waals surface area contributed by atoms with Gasteiger partial charge in [0, 0.05) is 18.6 Å². The standard InChI is InChI=1S/C10H10N2.C2H6/c1-11-9-6-2-4-8-5-3-7-12-10(8)9;1-2/h2-7,11H,1H3;1-2H3. The van der Waals surface area contributed by atoms with Crippen LogP contribution in [0.25, 0.3) is 10.9 Å². The summed E-state index contributed by atoms with van der Waals surface area (Å²) in [4.78, 5) is 4.29. The minimum atomic E-state index is 1.03. The van der Waals surface area contributed by atoms with Crippen LogP contribution in [0.2, 0.25) is 0 Å². The van der Waals surface area contributed by atoms with Crippen LogP contribution in [0.3, 0.4) is 0 Å². The Morgan fingerprint density at radius 1 is 1.07 bits per heavy atom. The van der Waals surface area contributed by atoms with Crippen molar-refractivity contribution in [2.24, 2.45) is 0 Å². The molecule has 2 nitrogen and oxygen atoms in total. The van der Waals surface area contributed by atoms with Crippen molar-refractivity contribution in [3.8, 4) is 0 Å². The first-order valence-electron chi connectivity index (χ1n) is 4.93. The molecule has 74 valence electrons. The molecule has 2 rings (SSSR count). The number of rotatable bonds is 1. The lowest BCUT2D eigenvalue weighted by Gasteiger charge is -2.02. The minimum absolute atomic E-state index is 1.03. The highest BCUT2D eigenvalue weighted by Crippen LogP contribution is 2.19. The van der Waals surface area contributed by atoms with Crippen molar-refractivity contribution >= 4 is 16.6 Å². The summed E-state index contributed by atoms with van der Waals surface area (Å²) >= 11 is 0. The quantitative estimate of drug-likeness (QED) is 0.742. The molecule has 14 heavy (non-hydrogen) atoms. The maximum Gasteiger partial charge on any atom is 0.0933 e. The molecule has 1 N–H and O–H groups in total. The van der Waals surface area contributed by atoms with E-state index in [1.165, 1.54) is 5.39 Å². The second-order valence-corrected chi connectivity index (χ2v) is 2.63. The van der Waals surface area contributed by atoms with E-state index in [1.807, 2.05) is 45.3 Å². The average Bonchev–Trinajstić information content (AvgIpc) is 2.31. The SMILES string of the molecule is CC.CNc1cccc2cccnc12. The molecule has 0 radical (unpaired) electrons. The van der Waals surface area contributed by atoms with E-state index in [4.69, 9.17) is 0 Å². The molecular weight excluding hydrogens is 172 g/mol. The van der Waals surface area contributed by atoms with Crippen LogP contribution in [0, 0.1) is 0 Å². The fourth-order valence-corrected chi connectivity index (χ4v) is 1.31. The average molecular weight is 188 g/mol. The lowest BCUT2D eigenvalue weighted by molar-refractivity contribution is 1.39. The van der Waals surface area contributed by atoms with E-state index in [1.54, 1.807) is 0 Å². The lowest BCUT2D eigenvalue weighted by Crippen LogP contribution is -1.90. The van der Waals surface area contributed by atoms with E-state index in [0.29, 0.717) is 0 Å². The third-order valence-electron chi connectivity index (χ3n) is 1.90. The van der Waals surface area contributed by atoms with Gasteiger partial charge in [-0.25, -0.2) is 0 Å². The Kier molecular flexibility index (Phi) is 3.92. The molecular formula is C12H16N2. The van der Waals surface area contributed by atoms with Gasteiger partial charge in [0.2, 0.25) is 0 Å². The molecule has 0 amide bonds. The maximum absolute atomic E-state index is 4.29. The van der Waals surface area contributed by atoms with E-state index in [9.17, 15) is 0 Å². The Balaban J connectivity index is 0.000000461. The Hall–Kier alpha value is -1.57. The monoisotopic (exact) mass is 188 g/mol. The van der Waals surface area contributed by atoms with Gasteiger partial charge >= 0.3 is 0 Å². The molecule has 2 aromatic rings. The van der Waals surface area contributed by atoms with Crippen molar-refractivity contribution < 1.29 is 0 Å². The molecule has 0 aliphatic carbocycles. The van der Waals surface area contributed by atoms with E-state index in [0.717, 1.165) is 11.2 Å². The number of pyridine rings is 1. The van der Waals surface area contributed by atoms with Gasteiger partial charge in [0.1, 0.15) is 0 Å². The smallest absolute Gasteiger partial charge is 0.0933 e. The highest BCUT2D eigenvalue weighted by molar-refractivity contribution is 5.89. The second kappa shape index (κ2) is 5.22. The highest BCUT2D eigenvalue weighted by atomic mass is 14.8. The zero-order valence-corrected chi connectivity index (χ0v) is 8.91. The third kappa shape index (κ3) is 2.02. The Morgan fingerprint density at radius 2 is 1.79 bits per heavy atom. The second-order valence-electron chi connectivity index (χ2n) is 2.63. The largest absolute Gasteiger partial charge is 0.386 e. The highest BCUT2D eigenvalue weighted by Gasteiger charge is 1.96. The molecule has 2 heteroatoms. The zero-order valence-electron chi connectivity index (χ0n) is 8.91. The number of aromatic nitrogens is 1. The predicted octanol–water partition coefficient (Wildman–Crippen LogP) is 3.30. The molecule has 1 aromatic heterocycles. The number of fused-ring (bicyclic) bond motifs is 1. The van der Waals surface area contributed by atoms with Crippen molar-refractivity contribution in [2.45, 2.75) is 13.8 Å². The Labute approximate surface area is 85.0 Å². The predicted molar refractivity (Wildman–Crippen MR) is 62.6 cm³/mol. The molecule has 0 fully saturated rings. The first-order chi connectivity index (χ1) is 6.92. The normalized spacial score (nSPS) is 9.07. The van der Waals surface area contributed by atoms with Crippen molar-refractivity contribution in [1.82, 2.24) is 4.98 Å². The van der Waals surface area contributed by atoms with Gasteiger partial charge in [-0.05, 0) is 12.1 Å². The van der Waals surface area contributed by atoms with E-state index >= 15 is 0 Å². The van der Waals surface area contributed by atoms with Crippen LogP contribution in [0.5, 0.6) is 0 Å². The van der Waals surface area contributed by atoms with Crippen molar-refractivity contribution in [2.75, 3.05) is 12.4 Å². The first kappa shape index (κ1) is 10.5. The molecule has 0 aliphatic rings. The fraction of sp³-hybridized carbons (Fsp3) is 0.250. The van der Waals surface area contributed by atoms with Crippen LogP contribution < -0.4 is 5.32 Å².